The number of aliphatic imine (C=N–C) groups is 1. The molecule has 26 heavy (non-hydrogen) atoms. The molecule has 3 rings (SSSR count). The number of amides is 1. The molecule has 0 aliphatic carbocycles. The van der Waals surface area contributed by atoms with Crippen LogP contribution >= 0.6 is 0 Å². The third-order valence-corrected chi connectivity index (χ3v) is 4.63. The molecule has 0 radical (unpaired) electrons. The minimum atomic E-state index is -0.230. The predicted octanol–water partition coefficient (Wildman–Crippen LogP) is 4.64. The topological polar surface area (TPSA) is 41.9 Å². The normalized spacial score (nSPS) is 15.9. The Labute approximate surface area is 154 Å². The predicted molar refractivity (Wildman–Crippen MR) is 105 cm³/mol. The van der Waals surface area contributed by atoms with Crippen molar-refractivity contribution < 1.29 is 9.53 Å². The van der Waals surface area contributed by atoms with Gasteiger partial charge in [0.2, 0.25) is 0 Å². The van der Waals surface area contributed by atoms with E-state index in [4.69, 9.17) is 4.74 Å². The summed E-state index contributed by atoms with van der Waals surface area (Å²) in [6.45, 7) is 4.34. The first-order valence-electron chi connectivity index (χ1n) is 8.79. The van der Waals surface area contributed by atoms with Crippen LogP contribution in [-0.4, -0.2) is 30.8 Å². The Morgan fingerprint density at radius 1 is 1.08 bits per heavy atom. The maximum absolute atomic E-state index is 12.6. The average Bonchev–Trinajstić information content (AvgIpc) is 2.99. The van der Waals surface area contributed by atoms with E-state index in [1.807, 2.05) is 25.2 Å². The summed E-state index contributed by atoms with van der Waals surface area (Å²) in [5, 5.41) is 0. The smallest absolute Gasteiger partial charge is 0.278 e. The fraction of sp³-hybridized carbons (Fsp3) is 0.273. The highest BCUT2D eigenvalue weighted by Crippen LogP contribution is 2.35. The zero-order valence-electron chi connectivity index (χ0n) is 15.7. The number of methoxy groups -OCH3 is 1. The number of amidine groups is 1. The lowest BCUT2D eigenvalue weighted by molar-refractivity contribution is 0.100. The minimum Gasteiger partial charge on any atom is -0.497 e. The summed E-state index contributed by atoms with van der Waals surface area (Å²) in [7, 11) is 3.60. The largest absolute Gasteiger partial charge is 0.497 e. The van der Waals surface area contributed by atoms with Crippen LogP contribution in [0.3, 0.4) is 0 Å². The lowest BCUT2D eigenvalue weighted by Gasteiger charge is -2.21. The maximum Gasteiger partial charge on any atom is 0.278 e. The molecule has 0 spiro atoms. The van der Waals surface area contributed by atoms with Crippen molar-refractivity contribution in [3.63, 3.8) is 0 Å². The van der Waals surface area contributed by atoms with Gasteiger partial charge in [0.25, 0.3) is 5.91 Å². The summed E-state index contributed by atoms with van der Waals surface area (Å²) in [5.41, 5.74) is 4.21. The molecule has 0 bridgehead atoms. The van der Waals surface area contributed by atoms with Crippen LogP contribution in [0, 0.1) is 5.92 Å². The Kier molecular flexibility index (Phi) is 5.21. The van der Waals surface area contributed by atoms with Crippen molar-refractivity contribution in [2.75, 3.05) is 14.2 Å². The van der Waals surface area contributed by atoms with E-state index >= 15 is 0 Å². The van der Waals surface area contributed by atoms with E-state index in [1.165, 1.54) is 16.8 Å². The van der Waals surface area contributed by atoms with Gasteiger partial charge in [-0.05, 0) is 41.3 Å². The number of ether oxygens (including phenoxy) is 1. The second-order valence-corrected chi connectivity index (χ2v) is 6.68. The number of benzene rings is 2. The van der Waals surface area contributed by atoms with Gasteiger partial charge in [0.15, 0.2) is 0 Å². The van der Waals surface area contributed by atoms with Crippen molar-refractivity contribution in [3.8, 4) is 5.75 Å². The highest BCUT2D eigenvalue weighted by Gasteiger charge is 2.28. The number of allylic oxidation sites excluding steroid dienone is 1. The molecule has 0 atom stereocenters. The van der Waals surface area contributed by atoms with E-state index in [-0.39, 0.29) is 5.91 Å². The number of carbonyl (C=O) groups excluding carboxylic acids is 1. The summed E-state index contributed by atoms with van der Waals surface area (Å²) in [6.07, 6.45) is 0.663. The molecule has 1 aliphatic rings. The second-order valence-electron chi connectivity index (χ2n) is 6.68. The quantitative estimate of drug-likeness (QED) is 0.808. The van der Waals surface area contributed by atoms with Gasteiger partial charge in [-0.1, -0.05) is 44.2 Å². The molecule has 1 heterocycles. The first-order chi connectivity index (χ1) is 12.5. The molecular formula is C22H24N2O2. The fourth-order valence-electron chi connectivity index (χ4n) is 3.36. The van der Waals surface area contributed by atoms with E-state index in [9.17, 15) is 4.79 Å². The molecule has 0 N–H and O–H groups in total. The van der Waals surface area contributed by atoms with Gasteiger partial charge >= 0.3 is 0 Å². The molecule has 1 aliphatic heterocycles. The third-order valence-electron chi connectivity index (χ3n) is 4.63. The van der Waals surface area contributed by atoms with Crippen LogP contribution in [0.2, 0.25) is 0 Å². The second kappa shape index (κ2) is 7.56. The Morgan fingerprint density at radius 2 is 1.73 bits per heavy atom. The number of hydrogen-bond donors (Lipinski definition) is 0. The van der Waals surface area contributed by atoms with Gasteiger partial charge in [0.1, 0.15) is 11.6 Å². The molecule has 2 aromatic rings. The Balaban J connectivity index is 1.90. The fourth-order valence-corrected chi connectivity index (χ4v) is 3.36. The van der Waals surface area contributed by atoms with Crippen LogP contribution in [0.15, 0.2) is 65.3 Å². The van der Waals surface area contributed by atoms with Crippen LogP contribution in [0.4, 0.5) is 0 Å². The first-order valence-corrected chi connectivity index (χ1v) is 8.79. The van der Waals surface area contributed by atoms with Crippen molar-refractivity contribution in [1.29, 1.82) is 0 Å². The standard InChI is InChI=1S/C22H24N2O2/c1-15(2)21-19(16-8-6-5-7-9-16)14-20(24(21)3)23-22(25)17-10-12-18(26-4)13-11-17/h5-13,15H,14H2,1-4H3. The number of nitrogens with zero attached hydrogens (tertiary/aromatic N) is 2. The van der Waals surface area contributed by atoms with Gasteiger partial charge in [-0.2, -0.15) is 4.99 Å². The molecule has 0 fully saturated rings. The zero-order valence-corrected chi connectivity index (χ0v) is 15.7. The molecular weight excluding hydrogens is 324 g/mol. The monoisotopic (exact) mass is 348 g/mol. The molecule has 0 saturated carbocycles. The highest BCUT2D eigenvalue weighted by atomic mass is 16.5. The molecule has 134 valence electrons. The molecule has 0 aromatic heterocycles. The van der Waals surface area contributed by atoms with Crippen molar-refractivity contribution in [1.82, 2.24) is 4.90 Å². The van der Waals surface area contributed by atoms with Gasteiger partial charge < -0.3 is 9.64 Å². The summed E-state index contributed by atoms with van der Waals surface area (Å²) >= 11 is 0. The van der Waals surface area contributed by atoms with Crippen LogP contribution in [0.25, 0.3) is 5.57 Å². The van der Waals surface area contributed by atoms with E-state index in [0.29, 0.717) is 17.9 Å². The first kappa shape index (κ1) is 17.9. The van der Waals surface area contributed by atoms with E-state index in [2.05, 4.69) is 35.9 Å². The summed E-state index contributed by atoms with van der Waals surface area (Å²) in [5.74, 6) is 1.63. The molecule has 0 saturated heterocycles. The zero-order chi connectivity index (χ0) is 18.7. The van der Waals surface area contributed by atoms with Crippen LogP contribution in [0.1, 0.15) is 36.2 Å². The minimum absolute atomic E-state index is 0.230. The SMILES string of the molecule is COc1ccc(C(=O)N=C2CC(c3ccccc3)=C(C(C)C)N2C)cc1. The Bertz CT molecular complexity index is 849. The van der Waals surface area contributed by atoms with Crippen molar-refractivity contribution in [2.45, 2.75) is 20.3 Å². The van der Waals surface area contributed by atoms with Crippen molar-refractivity contribution >= 4 is 17.3 Å². The molecule has 0 unspecified atom stereocenters. The van der Waals surface area contributed by atoms with Gasteiger partial charge in [-0.3, -0.25) is 4.79 Å². The number of rotatable bonds is 4. The van der Waals surface area contributed by atoms with E-state index in [0.717, 1.165) is 11.6 Å². The average molecular weight is 348 g/mol. The summed E-state index contributed by atoms with van der Waals surface area (Å²) in [4.78, 5) is 19.1. The van der Waals surface area contributed by atoms with Crippen LogP contribution < -0.4 is 4.74 Å². The third kappa shape index (κ3) is 3.54. The lowest BCUT2D eigenvalue weighted by Crippen LogP contribution is -2.23. The van der Waals surface area contributed by atoms with Crippen LogP contribution in [0.5, 0.6) is 5.75 Å². The lowest BCUT2D eigenvalue weighted by atomic mass is 9.98. The molecule has 4 heteroatoms. The van der Waals surface area contributed by atoms with Crippen LogP contribution in [-0.2, 0) is 0 Å². The van der Waals surface area contributed by atoms with Crippen molar-refractivity contribution in [3.05, 3.63) is 71.4 Å². The maximum atomic E-state index is 12.6. The van der Waals surface area contributed by atoms with E-state index in [1.54, 1.807) is 31.4 Å². The Morgan fingerprint density at radius 3 is 2.31 bits per heavy atom. The van der Waals surface area contributed by atoms with Gasteiger partial charge in [-0.15, -0.1) is 0 Å². The van der Waals surface area contributed by atoms with Crippen molar-refractivity contribution in [2.24, 2.45) is 10.9 Å². The number of hydrogen-bond acceptors (Lipinski definition) is 2. The van der Waals surface area contributed by atoms with E-state index < -0.39 is 0 Å². The molecule has 4 nitrogen and oxygen atoms in total. The molecule has 1 amide bonds. The Hall–Kier alpha value is -2.88. The van der Waals surface area contributed by atoms with Gasteiger partial charge in [-0.25, -0.2) is 0 Å². The summed E-state index contributed by atoms with van der Waals surface area (Å²) in [6, 6.07) is 17.4. The number of carbonyl (C=O) groups is 1. The van der Waals surface area contributed by atoms with Gasteiger partial charge in [0, 0.05) is 24.7 Å². The summed E-state index contributed by atoms with van der Waals surface area (Å²) < 4.78 is 5.14. The van der Waals surface area contributed by atoms with Gasteiger partial charge in [0.05, 0.1) is 7.11 Å². The highest BCUT2D eigenvalue weighted by molar-refractivity contribution is 6.08. The molecule has 2 aromatic carbocycles.